The fourth-order valence-electron chi connectivity index (χ4n) is 1.80. The van der Waals surface area contributed by atoms with E-state index in [-0.39, 0.29) is 16.4 Å². The predicted octanol–water partition coefficient (Wildman–Crippen LogP) is 3.77. The van der Waals surface area contributed by atoms with Gasteiger partial charge in [-0.15, -0.1) is 0 Å². The number of amides is 3. The van der Waals surface area contributed by atoms with Gasteiger partial charge >= 0.3 is 6.03 Å². The van der Waals surface area contributed by atoms with Crippen molar-refractivity contribution in [2.75, 3.05) is 5.32 Å². The van der Waals surface area contributed by atoms with Crippen LogP contribution in [-0.2, 0) is 0 Å². The van der Waals surface area contributed by atoms with E-state index in [9.17, 15) is 14.4 Å². The van der Waals surface area contributed by atoms with Crippen molar-refractivity contribution in [3.05, 3.63) is 63.1 Å². The highest BCUT2D eigenvalue weighted by atomic mass is 79.9. The van der Waals surface area contributed by atoms with Gasteiger partial charge in [0.2, 0.25) is 0 Å². The molecule has 0 bridgehead atoms. The molecule has 0 heterocycles. The van der Waals surface area contributed by atoms with Crippen LogP contribution in [0.2, 0.25) is 5.02 Å². The van der Waals surface area contributed by atoms with Gasteiger partial charge in [-0.05, 0) is 49.4 Å². The lowest BCUT2D eigenvalue weighted by Gasteiger charge is -2.10. The van der Waals surface area contributed by atoms with E-state index in [0.29, 0.717) is 15.7 Å². The van der Waals surface area contributed by atoms with Crippen LogP contribution in [0.3, 0.4) is 0 Å². The highest BCUT2D eigenvalue weighted by Crippen LogP contribution is 2.20. The van der Waals surface area contributed by atoms with E-state index in [4.69, 9.17) is 11.6 Å². The predicted molar refractivity (Wildman–Crippen MR) is 95.2 cm³/mol. The van der Waals surface area contributed by atoms with Gasteiger partial charge in [-0.25, -0.2) is 10.2 Å². The van der Waals surface area contributed by atoms with Crippen molar-refractivity contribution in [2.24, 2.45) is 0 Å². The molecule has 0 spiro atoms. The number of rotatable bonds is 3. The lowest BCUT2D eigenvalue weighted by atomic mass is 10.1. The van der Waals surface area contributed by atoms with Gasteiger partial charge in [0, 0.05) is 15.7 Å². The molecule has 2 aromatic rings. The molecule has 0 unspecified atom stereocenters. The van der Waals surface area contributed by atoms with Crippen LogP contribution in [0.15, 0.2) is 46.9 Å². The summed E-state index contributed by atoms with van der Waals surface area (Å²) in [5.41, 5.74) is 5.72. The van der Waals surface area contributed by atoms with E-state index in [2.05, 4.69) is 32.1 Å². The van der Waals surface area contributed by atoms with Crippen molar-refractivity contribution in [2.45, 2.75) is 6.92 Å². The Kier molecular flexibility index (Phi) is 5.94. The van der Waals surface area contributed by atoms with Gasteiger partial charge in [0.15, 0.2) is 5.78 Å². The second kappa shape index (κ2) is 7.94. The Morgan fingerprint density at radius 3 is 2.29 bits per heavy atom. The molecule has 6 nitrogen and oxygen atoms in total. The fraction of sp³-hybridized carbons (Fsp3) is 0.0625. The van der Waals surface area contributed by atoms with E-state index in [1.54, 1.807) is 36.4 Å². The van der Waals surface area contributed by atoms with Crippen molar-refractivity contribution < 1.29 is 14.4 Å². The summed E-state index contributed by atoms with van der Waals surface area (Å²) in [7, 11) is 0. The molecule has 0 fully saturated rings. The number of hydrogen-bond acceptors (Lipinski definition) is 3. The van der Waals surface area contributed by atoms with Gasteiger partial charge in [0.05, 0.1) is 10.6 Å². The Hall–Kier alpha value is -2.38. The van der Waals surface area contributed by atoms with Gasteiger partial charge < -0.3 is 5.32 Å². The van der Waals surface area contributed by atoms with E-state index < -0.39 is 11.9 Å². The molecule has 0 radical (unpaired) electrons. The van der Waals surface area contributed by atoms with Crippen LogP contribution in [0.4, 0.5) is 10.5 Å². The first-order valence-electron chi connectivity index (χ1n) is 6.80. The van der Waals surface area contributed by atoms with Gasteiger partial charge in [-0.2, -0.15) is 0 Å². The number of anilines is 1. The summed E-state index contributed by atoms with van der Waals surface area (Å²) in [6.45, 7) is 1.46. The van der Waals surface area contributed by atoms with Crippen LogP contribution < -0.4 is 16.2 Å². The lowest BCUT2D eigenvalue weighted by Crippen LogP contribution is -2.44. The molecular formula is C16H13BrClN3O3. The number of nitrogens with one attached hydrogen (secondary N) is 3. The fourth-order valence-corrected chi connectivity index (χ4v) is 2.37. The normalized spacial score (nSPS) is 9.96. The maximum absolute atomic E-state index is 12.0. The smallest absolute Gasteiger partial charge is 0.307 e. The number of Topliss-reactive ketones (excluding diaryl/α,β-unsaturated/α-hetero) is 1. The van der Waals surface area contributed by atoms with Crippen molar-refractivity contribution in [1.82, 2.24) is 10.9 Å². The molecule has 3 N–H and O–H groups in total. The molecule has 0 saturated heterocycles. The molecule has 0 saturated carbocycles. The zero-order valence-electron chi connectivity index (χ0n) is 12.5. The third-order valence-electron chi connectivity index (χ3n) is 3.01. The van der Waals surface area contributed by atoms with E-state index in [1.165, 1.54) is 13.0 Å². The van der Waals surface area contributed by atoms with Gasteiger partial charge in [-0.3, -0.25) is 15.0 Å². The standard InChI is InChI=1S/C16H13BrClN3O3/c1-9(22)10-2-5-12(6-3-10)19-16(24)21-20-15(23)13-8-11(17)4-7-14(13)18/h2-8H,1H3,(H,20,23)(H2,19,21,24). The molecule has 0 aliphatic rings. The molecule has 2 aromatic carbocycles. The Bertz CT molecular complexity index is 794. The van der Waals surface area contributed by atoms with Crippen LogP contribution in [0.1, 0.15) is 27.6 Å². The van der Waals surface area contributed by atoms with Crippen molar-refractivity contribution >= 4 is 50.9 Å². The first-order valence-corrected chi connectivity index (χ1v) is 7.97. The molecule has 0 aliphatic heterocycles. The number of ketones is 1. The minimum absolute atomic E-state index is 0.0656. The first-order chi connectivity index (χ1) is 11.4. The number of hydrazine groups is 1. The van der Waals surface area contributed by atoms with E-state index >= 15 is 0 Å². The van der Waals surface area contributed by atoms with Crippen LogP contribution in [0, 0.1) is 0 Å². The molecular weight excluding hydrogens is 398 g/mol. The van der Waals surface area contributed by atoms with E-state index in [0.717, 1.165) is 0 Å². The number of urea groups is 1. The molecule has 3 amide bonds. The number of hydrogen-bond donors (Lipinski definition) is 3. The summed E-state index contributed by atoms with van der Waals surface area (Å²) in [4.78, 5) is 35.0. The second-order valence-electron chi connectivity index (χ2n) is 4.79. The third-order valence-corrected chi connectivity index (χ3v) is 3.83. The van der Waals surface area contributed by atoms with Crippen molar-refractivity contribution in [3.8, 4) is 0 Å². The molecule has 2 rings (SSSR count). The molecule has 0 aliphatic carbocycles. The average molecular weight is 411 g/mol. The van der Waals surface area contributed by atoms with Crippen molar-refractivity contribution in [3.63, 3.8) is 0 Å². The summed E-state index contributed by atoms with van der Waals surface area (Å²) in [5, 5.41) is 2.78. The molecule has 124 valence electrons. The maximum atomic E-state index is 12.0. The van der Waals surface area contributed by atoms with Gasteiger partial charge in [-0.1, -0.05) is 27.5 Å². The SMILES string of the molecule is CC(=O)c1ccc(NC(=O)NNC(=O)c2cc(Br)ccc2Cl)cc1. The molecule has 0 aromatic heterocycles. The number of benzene rings is 2. The minimum atomic E-state index is -0.634. The molecule has 8 heteroatoms. The lowest BCUT2D eigenvalue weighted by molar-refractivity contribution is 0.0937. The van der Waals surface area contributed by atoms with Crippen LogP contribution >= 0.6 is 27.5 Å². The minimum Gasteiger partial charge on any atom is -0.307 e. The van der Waals surface area contributed by atoms with Crippen LogP contribution in [0.5, 0.6) is 0 Å². The molecule has 0 atom stereocenters. The Labute approximate surface area is 151 Å². The zero-order chi connectivity index (χ0) is 17.7. The summed E-state index contributed by atoms with van der Waals surface area (Å²) >= 11 is 9.18. The number of carbonyl (C=O) groups is 3. The Balaban J connectivity index is 1.92. The first kappa shape index (κ1) is 18.0. The van der Waals surface area contributed by atoms with Gasteiger partial charge in [0.25, 0.3) is 5.91 Å². The second-order valence-corrected chi connectivity index (χ2v) is 6.11. The van der Waals surface area contributed by atoms with E-state index in [1.807, 2.05) is 0 Å². The third kappa shape index (κ3) is 4.81. The largest absolute Gasteiger partial charge is 0.337 e. The summed E-state index contributed by atoms with van der Waals surface area (Å²) < 4.78 is 0.687. The highest BCUT2D eigenvalue weighted by Gasteiger charge is 2.12. The quantitative estimate of drug-likeness (QED) is 0.532. The summed E-state index contributed by atoms with van der Waals surface area (Å²) in [6.07, 6.45) is 0. The zero-order valence-corrected chi connectivity index (χ0v) is 14.9. The monoisotopic (exact) mass is 409 g/mol. The van der Waals surface area contributed by atoms with Gasteiger partial charge in [0.1, 0.15) is 0 Å². The Morgan fingerprint density at radius 1 is 1.00 bits per heavy atom. The summed E-state index contributed by atoms with van der Waals surface area (Å²) in [6, 6.07) is 10.5. The number of carbonyl (C=O) groups excluding carboxylic acids is 3. The van der Waals surface area contributed by atoms with Crippen molar-refractivity contribution in [1.29, 1.82) is 0 Å². The topological polar surface area (TPSA) is 87.3 Å². The van der Waals surface area contributed by atoms with Crippen LogP contribution in [0.25, 0.3) is 0 Å². The van der Waals surface area contributed by atoms with Crippen LogP contribution in [-0.4, -0.2) is 17.7 Å². The number of halogens is 2. The highest BCUT2D eigenvalue weighted by molar-refractivity contribution is 9.10. The average Bonchev–Trinajstić information content (AvgIpc) is 2.55. The Morgan fingerprint density at radius 2 is 1.67 bits per heavy atom. The maximum Gasteiger partial charge on any atom is 0.337 e. The summed E-state index contributed by atoms with van der Waals surface area (Å²) in [5.74, 6) is -0.618. The molecule has 24 heavy (non-hydrogen) atoms.